The van der Waals surface area contributed by atoms with E-state index in [1.165, 1.54) is 6.33 Å². The van der Waals surface area contributed by atoms with Crippen LogP contribution in [0.25, 0.3) is 0 Å². The minimum absolute atomic E-state index is 0.0120. The maximum Gasteiger partial charge on any atom is 0.290 e. The molecular weight excluding hydrogens is 306 g/mol. The summed E-state index contributed by atoms with van der Waals surface area (Å²) in [6.45, 7) is 4.52. The fourth-order valence-electron chi connectivity index (χ4n) is 2.68. The van der Waals surface area contributed by atoms with Crippen molar-refractivity contribution in [3.63, 3.8) is 0 Å². The molecule has 24 heavy (non-hydrogen) atoms. The molecule has 2 heterocycles. The lowest BCUT2D eigenvalue weighted by atomic mass is 10.0. The summed E-state index contributed by atoms with van der Waals surface area (Å²) in [5.74, 6) is -1.02. The molecule has 1 aromatic heterocycles. The van der Waals surface area contributed by atoms with Crippen LogP contribution >= 0.6 is 0 Å². The highest BCUT2D eigenvalue weighted by molar-refractivity contribution is 6.40. The van der Waals surface area contributed by atoms with Gasteiger partial charge in [0.25, 0.3) is 5.91 Å². The van der Waals surface area contributed by atoms with E-state index in [0.717, 1.165) is 5.56 Å². The van der Waals surface area contributed by atoms with Crippen LogP contribution in [-0.2, 0) is 16.2 Å². The second-order valence-electron chi connectivity index (χ2n) is 6.02. The number of ether oxygens (including phenoxy) is 1. The molecule has 0 N–H and O–H groups in total. The summed E-state index contributed by atoms with van der Waals surface area (Å²) in [6, 6.07) is 11.4. The first-order valence-electron chi connectivity index (χ1n) is 7.89. The van der Waals surface area contributed by atoms with Crippen molar-refractivity contribution < 1.29 is 14.3 Å². The molecular formula is C18H19N3O3. The van der Waals surface area contributed by atoms with E-state index >= 15 is 0 Å². The van der Waals surface area contributed by atoms with E-state index in [1.807, 2.05) is 44.2 Å². The molecule has 1 saturated heterocycles. The first-order chi connectivity index (χ1) is 11.6. The summed E-state index contributed by atoms with van der Waals surface area (Å²) in [5.41, 5.74) is 1.55. The van der Waals surface area contributed by atoms with Gasteiger partial charge < -0.3 is 9.64 Å². The highest BCUT2D eigenvalue weighted by Crippen LogP contribution is 2.26. The van der Waals surface area contributed by atoms with E-state index in [-0.39, 0.29) is 6.04 Å². The van der Waals surface area contributed by atoms with Crippen molar-refractivity contribution in [3.8, 4) is 5.88 Å². The number of likely N-dealkylation sites (tertiary alicyclic amines) is 1. The molecule has 1 unspecified atom stereocenters. The fraction of sp³-hybridized carbons (Fsp3) is 0.333. The first-order valence-corrected chi connectivity index (χ1v) is 7.89. The minimum atomic E-state index is -0.554. The molecule has 1 atom stereocenters. The van der Waals surface area contributed by atoms with Crippen molar-refractivity contribution in [2.24, 2.45) is 0 Å². The van der Waals surface area contributed by atoms with Crippen LogP contribution in [0.2, 0.25) is 0 Å². The third-order valence-corrected chi connectivity index (χ3v) is 4.04. The third-order valence-electron chi connectivity index (χ3n) is 4.04. The Morgan fingerprint density at radius 1 is 1.21 bits per heavy atom. The van der Waals surface area contributed by atoms with Gasteiger partial charge >= 0.3 is 0 Å². The minimum Gasteiger partial charge on any atom is -0.473 e. The lowest BCUT2D eigenvalue weighted by Crippen LogP contribution is -2.33. The van der Waals surface area contributed by atoms with E-state index in [9.17, 15) is 9.59 Å². The molecule has 0 bridgehead atoms. The van der Waals surface area contributed by atoms with E-state index in [2.05, 4.69) is 9.97 Å². The van der Waals surface area contributed by atoms with Gasteiger partial charge in [0.15, 0.2) is 0 Å². The topological polar surface area (TPSA) is 72.4 Å². The average Bonchev–Trinajstić information content (AvgIpc) is 2.90. The number of Topliss-reactive ketones (excluding diaryl/α,β-unsaturated/α-hetero) is 1. The average molecular weight is 325 g/mol. The van der Waals surface area contributed by atoms with Gasteiger partial charge in [-0.2, -0.15) is 0 Å². The fourth-order valence-corrected chi connectivity index (χ4v) is 2.68. The molecule has 124 valence electrons. The number of amides is 1. The van der Waals surface area contributed by atoms with Crippen LogP contribution in [0.4, 0.5) is 0 Å². The predicted octanol–water partition coefficient (Wildman–Crippen LogP) is 1.96. The molecule has 0 radical (unpaired) electrons. The summed E-state index contributed by atoms with van der Waals surface area (Å²) in [7, 11) is 0. The smallest absolute Gasteiger partial charge is 0.290 e. The lowest BCUT2D eigenvalue weighted by Gasteiger charge is -2.19. The highest BCUT2D eigenvalue weighted by Gasteiger charge is 2.41. The number of aromatic nitrogens is 2. The zero-order valence-corrected chi connectivity index (χ0v) is 13.7. The van der Waals surface area contributed by atoms with Gasteiger partial charge in [-0.15, -0.1) is 0 Å². The number of rotatable bonds is 5. The van der Waals surface area contributed by atoms with E-state index < -0.39 is 17.6 Å². The summed E-state index contributed by atoms with van der Waals surface area (Å²) in [5, 5.41) is 0. The summed E-state index contributed by atoms with van der Waals surface area (Å²) < 4.78 is 5.67. The van der Waals surface area contributed by atoms with Gasteiger partial charge in [-0.25, -0.2) is 9.97 Å². The third kappa shape index (κ3) is 3.27. The molecule has 1 fully saturated rings. The highest BCUT2D eigenvalue weighted by atomic mass is 16.5. The second kappa shape index (κ2) is 6.78. The first kappa shape index (κ1) is 16.1. The van der Waals surface area contributed by atoms with Crippen LogP contribution in [0, 0.1) is 0 Å². The SMILES string of the molecule is CC(C)N1CC(c2cc(OCc3ccccc3)ncn2)C(=O)C1=O. The van der Waals surface area contributed by atoms with Crippen LogP contribution < -0.4 is 4.74 Å². The van der Waals surface area contributed by atoms with Crippen molar-refractivity contribution in [3.05, 3.63) is 54.0 Å². The number of hydrogen-bond donors (Lipinski definition) is 0. The van der Waals surface area contributed by atoms with Crippen molar-refractivity contribution in [1.82, 2.24) is 14.9 Å². The largest absolute Gasteiger partial charge is 0.473 e. The molecule has 1 aromatic carbocycles. The van der Waals surface area contributed by atoms with E-state index in [4.69, 9.17) is 4.74 Å². The van der Waals surface area contributed by atoms with Gasteiger partial charge in [0.05, 0.1) is 11.6 Å². The van der Waals surface area contributed by atoms with Crippen LogP contribution in [0.1, 0.15) is 31.0 Å². The number of nitrogens with zero attached hydrogens (tertiary/aromatic N) is 3. The van der Waals surface area contributed by atoms with Gasteiger partial charge in [0, 0.05) is 18.7 Å². The summed E-state index contributed by atoms with van der Waals surface area (Å²) in [4.78, 5) is 34.1. The Morgan fingerprint density at radius 2 is 1.96 bits per heavy atom. The number of carbonyl (C=O) groups is 2. The molecule has 6 nitrogen and oxygen atoms in total. The van der Waals surface area contributed by atoms with Gasteiger partial charge in [-0.3, -0.25) is 9.59 Å². The van der Waals surface area contributed by atoms with Crippen LogP contribution in [0.3, 0.4) is 0 Å². The van der Waals surface area contributed by atoms with Crippen molar-refractivity contribution in [1.29, 1.82) is 0 Å². The lowest BCUT2D eigenvalue weighted by molar-refractivity contribution is -0.141. The number of benzene rings is 1. The van der Waals surface area contributed by atoms with Crippen LogP contribution in [-0.4, -0.2) is 39.1 Å². The van der Waals surface area contributed by atoms with Gasteiger partial charge in [0.1, 0.15) is 12.9 Å². The molecule has 3 rings (SSSR count). The molecule has 1 aliphatic rings. The summed E-state index contributed by atoms with van der Waals surface area (Å²) in [6.07, 6.45) is 1.37. The molecule has 0 aliphatic carbocycles. The Kier molecular flexibility index (Phi) is 4.55. The van der Waals surface area contributed by atoms with E-state index in [1.54, 1.807) is 11.0 Å². The van der Waals surface area contributed by atoms with Gasteiger partial charge in [-0.05, 0) is 19.4 Å². The molecule has 1 aliphatic heterocycles. The maximum absolute atomic E-state index is 12.2. The molecule has 6 heteroatoms. The number of carbonyl (C=O) groups excluding carboxylic acids is 2. The van der Waals surface area contributed by atoms with E-state index in [0.29, 0.717) is 24.7 Å². The Morgan fingerprint density at radius 3 is 2.62 bits per heavy atom. The van der Waals surface area contributed by atoms with Crippen LogP contribution in [0.5, 0.6) is 5.88 Å². The Bertz CT molecular complexity index is 746. The Balaban J connectivity index is 1.73. The monoisotopic (exact) mass is 325 g/mol. The van der Waals surface area contributed by atoms with Crippen molar-refractivity contribution in [2.45, 2.75) is 32.4 Å². The maximum atomic E-state index is 12.2. The Labute approximate surface area is 140 Å². The van der Waals surface area contributed by atoms with Crippen molar-refractivity contribution >= 4 is 11.7 Å². The van der Waals surface area contributed by atoms with Gasteiger partial charge in [0.2, 0.25) is 11.7 Å². The zero-order valence-electron chi connectivity index (χ0n) is 13.7. The molecule has 0 spiro atoms. The van der Waals surface area contributed by atoms with Crippen molar-refractivity contribution in [2.75, 3.05) is 6.54 Å². The zero-order chi connectivity index (χ0) is 17.1. The van der Waals surface area contributed by atoms with Crippen LogP contribution in [0.15, 0.2) is 42.7 Å². The van der Waals surface area contributed by atoms with Gasteiger partial charge in [-0.1, -0.05) is 30.3 Å². The Hall–Kier alpha value is -2.76. The normalized spacial score (nSPS) is 17.6. The molecule has 2 aromatic rings. The molecule has 0 saturated carbocycles. The predicted molar refractivity (Wildman–Crippen MR) is 87.4 cm³/mol. The summed E-state index contributed by atoms with van der Waals surface area (Å²) >= 11 is 0. The standard InChI is InChI=1S/C18H19N3O3/c1-12(2)21-9-14(17(22)18(21)23)15-8-16(20-11-19-15)24-10-13-6-4-3-5-7-13/h3-8,11-12,14H,9-10H2,1-2H3. The second-order valence-corrected chi connectivity index (χ2v) is 6.02. The number of ketones is 1. The molecule has 1 amide bonds. The quantitative estimate of drug-likeness (QED) is 0.786. The number of hydrogen-bond acceptors (Lipinski definition) is 5.